The van der Waals surface area contributed by atoms with Crippen molar-refractivity contribution in [3.05, 3.63) is 64.9 Å². The van der Waals surface area contributed by atoms with Gasteiger partial charge in [0.15, 0.2) is 0 Å². The SMILES string of the molecule is Cc1ccc(C2=C(N3CC(C)CC(C)C3)C(=O)N(c3cccc(N(C)C)c3)C2=O)cc1C. The number of hydrogen-bond donors (Lipinski definition) is 0. The van der Waals surface area contributed by atoms with Gasteiger partial charge in [0.25, 0.3) is 11.8 Å². The van der Waals surface area contributed by atoms with Gasteiger partial charge in [-0.25, -0.2) is 4.90 Å². The van der Waals surface area contributed by atoms with Gasteiger partial charge < -0.3 is 9.80 Å². The third-order valence-electron chi connectivity index (χ3n) is 6.64. The normalized spacial score (nSPS) is 21.6. The third kappa shape index (κ3) is 3.92. The van der Waals surface area contributed by atoms with E-state index in [1.54, 1.807) is 0 Å². The topological polar surface area (TPSA) is 43.9 Å². The second kappa shape index (κ2) is 8.45. The molecule has 5 heteroatoms. The maximum atomic E-state index is 13.8. The van der Waals surface area contributed by atoms with Crippen LogP contribution in [0.5, 0.6) is 0 Å². The molecule has 0 radical (unpaired) electrons. The summed E-state index contributed by atoms with van der Waals surface area (Å²) in [6.45, 7) is 10.1. The number of likely N-dealkylation sites (tertiary alicyclic amines) is 1. The second-order valence-corrected chi connectivity index (χ2v) is 9.73. The molecule has 2 aliphatic heterocycles. The van der Waals surface area contributed by atoms with E-state index < -0.39 is 0 Å². The van der Waals surface area contributed by atoms with Crippen LogP contribution in [0.2, 0.25) is 0 Å². The molecular weight excluding hydrogens is 398 g/mol. The molecule has 0 saturated carbocycles. The lowest BCUT2D eigenvalue weighted by Crippen LogP contribution is -2.42. The zero-order chi connectivity index (χ0) is 23.2. The number of rotatable bonds is 4. The number of benzene rings is 2. The maximum absolute atomic E-state index is 13.8. The summed E-state index contributed by atoms with van der Waals surface area (Å²) in [5.74, 6) is 0.484. The average Bonchev–Trinajstić information content (AvgIpc) is 2.99. The Hall–Kier alpha value is -3.08. The number of piperidine rings is 1. The minimum atomic E-state index is -0.241. The van der Waals surface area contributed by atoms with Gasteiger partial charge in [0.2, 0.25) is 0 Å². The number of amides is 2. The number of imide groups is 1. The Morgan fingerprint density at radius 1 is 0.875 bits per heavy atom. The number of carbonyl (C=O) groups excluding carboxylic acids is 2. The van der Waals surface area contributed by atoms with Crippen LogP contribution in [0.15, 0.2) is 48.2 Å². The first-order chi connectivity index (χ1) is 15.2. The van der Waals surface area contributed by atoms with Crippen LogP contribution in [0.25, 0.3) is 5.57 Å². The molecule has 2 aliphatic rings. The number of nitrogens with zero attached hydrogens (tertiary/aromatic N) is 3. The van der Waals surface area contributed by atoms with E-state index in [1.807, 2.05) is 68.4 Å². The van der Waals surface area contributed by atoms with Crippen LogP contribution in [0, 0.1) is 25.7 Å². The molecule has 0 N–H and O–H groups in total. The van der Waals surface area contributed by atoms with Gasteiger partial charge in [-0.2, -0.15) is 0 Å². The van der Waals surface area contributed by atoms with E-state index in [2.05, 4.69) is 25.7 Å². The summed E-state index contributed by atoms with van der Waals surface area (Å²) in [5.41, 5.74) is 5.73. The highest BCUT2D eigenvalue weighted by atomic mass is 16.2. The molecule has 1 saturated heterocycles. The first-order valence-corrected chi connectivity index (χ1v) is 11.4. The number of hydrogen-bond acceptors (Lipinski definition) is 4. The molecule has 1 fully saturated rings. The molecule has 32 heavy (non-hydrogen) atoms. The smallest absolute Gasteiger partial charge is 0.282 e. The highest BCUT2D eigenvalue weighted by Gasteiger charge is 2.43. The van der Waals surface area contributed by atoms with E-state index in [0.717, 1.165) is 36.3 Å². The van der Waals surface area contributed by atoms with E-state index >= 15 is 0 Å². The summed E-state index contributed by atoms with van der Waals surface area (Å²) >= 11 is 0. The third-order valence-corrected chi connectivity index (χ3v) is 6.64. The highest BCUT2D eigenvalue weighted by molar-refractivity contribution is 6.45. The Morgan fingerprint density at radius 3 is 2.19 bits per heavy atom. The molecule has 0 spiro atoms. The molecule has 2 amide bonds. The van der Waals surface area contributed by atoms with Crippen LogP contribution in [0.4, 0.5) is 11.4 Å². The zero-order valence-electron chi connectivity index (χ0n) is 20.0. The summed E-state index contributed by atoms with van der Waals surface area (Å²) in [6, 6.07) is 13.6. The number of anilines is 2. The van der Waals surface area contributed by atoms with Crippen molar-refractivity contribution in [1.82, 2.24) is 4.90 Å². The zero-order valence-corrected chi connectivity index (χ0v) is 20.0. The molecule has 0 aromatic heterocycles. The maximum Gasteiger partial charge on any atom is 0.282 e. The van der Waals surface area contributed by atoms with Gasteiger partial charge in [-0.3, -0.25) is 9.59 Å². The van der Waals surface area contributed by atoms with Gasteiger partial charge in [0, 0.05) is 32.9 Å². The highest BCUT2D eigenvalue weighted by Crippen LogP contribution is 2.38. The molecule has 0 bridgehead atoms. The van der Waals surface area contributed by atoms with Crippen molar-refractivity contribution in [3.63, 3.8) is 0 Å². The standard InChI is InChI=1S/C27H33N3O2/c1-17-12-18(2)16-29(15-17)25-24(21-11-10-19(3)20(4)13-21)26(31)30(27(25)32)23-9-7-8-22(14-23)28(5)6/h7-11,13-14,17-18H,12,15-16H2,1-6H3. The van der Waals surface area contributed by atoms with Gasteiger partial charge in [-0.05, 0) is 67.0 Å². The Labute approximate surface area is 191 Å². The molecule has 4 rings (SSSR count). The van der Waals surface area contributed by atoms with Crippen molar-refractivity contribution in [2.45, 2.75) is 34.1 Å². The van der Waals surface area contributed by atoms with E-state index in [1.165, 1.54) is 10.5 Å². The second-order valence-electron chi connectivity index (χ2n) is 9.73. The lowest BCUT2D eigenvalue weighted by atomic mass is 9.90. The van der Waals surface area contributed by atoms with Crippen LogP contribution >= 0.6 is 0 Å². The first-order valence-electron chi connectivity index (χ1n) is 11.4. The Morgan fingerprint density at radius 2 is 1.56 bits per heavy atom. The summed E-state index contributed by atoms with van der Waals surface area (Å²) < 4.78 is 0. The van der Waals surface area contributed by atoms with Gasteiger partial charge in [0.1, 0.15) is 5.70 Å². The lowest BCUT2D eigenvalue weighted by molar-refractivity contribution is -0.120. The molecule has 2 aromatic carbocycles. The van der Waals surface area contributed by atoms with Crippen LogP contribution in [0.1, 0.15) is 37.0 Å². The van der Waals surface area contributed by atoms with E-state index in [0.29, 0.717) is 28.8 Å². The van der Waals surface area contributed by atoms with Crippen molar-refractivity contribution in [2.24, 2.45) is 11.8 Å². The van der Waals surface area contributed by atoms with Crippen LogP contribution in [-0.4, -0.2) is 43.9 Å². The summed E-state index contributed by atoms with van der Waals surface area (Å²) in [7, 11) is 3.90. The molecule has 2 unspecified atom stereocenters. The van der Waals surface area contributed by atoms with E-state index in [-0.39, 0.29) is 11.8 Å². The average molecular weight is 432 g/mol. The predicted octanol–water partition coefficient (Wildman–Crippen LogP) is 4.63. The van der Waals surface area contributed by atoms with Crippen molar-refractivity contribution < 1.29 is 9.59 Å². The van der Waals surface area contributed by atoms with Gasteiger partial charge in [-0.15, -0.1) is 0 Å². The minimum Gasteiger partial charge on any atom is -0.378 e. The van der Waals surface area contributed by atoms with Crippen molar-refractivity contribution in [1.29, 1.82) is 0 Å². The summed E-state index contributed by atoms with van der Waals surface area (Å²) in [4.78, 5) is 33.1. The molecular formula is C27H33N3O2. The van der Waals surface area contributed by atoms with Gasteiger partial charge in [-0.1, -0.05) is 38.1 Å². The Bertz CT molecular complexity index is 1090. The molecule has 168 valence electrons. The van der Waals surface area contributed by atoms with Crippen molar-refractivity contribution >= 4 is 28.8 Å². The van der Waals surface area contributed by atoms with Crippen LogP contribution < -0.4 is 9.80 Å². The van der Waals surface area contributed by atoms with Crippen LogP contribution in [0.3, 0.4) is 0 Å². The summed E-state index contributed by atoms with van der Waals surface area (Å²) in [5, 5.41) is 0. The van der Waals surface area contributed by atoms with Crippen LogP contribution in [-0.2, 0) is 9.59 Å². The molecule has 2 aromatic rings. The summed E-state index contributed by atoms with van der Waals surface area (Å²) in [6.07, 6.45) is 1.14. The first kappa shape index (κ1) is 22.1. The lowest BCUT2D eigenvalue weighted by Gasteiger charge is -2.37. The Kier molecular flexibility index (Phi) is 5.85. The van der Waals surface area contributed by atoms with Crippen molar-refractivity contribution in [2.75, 3.05) is 37.0 Å². The van der Waals surface area contributed by atoms with E-state index in [4.69, 9.17) is 0 Å². The number of carbonyl (C=O) groups is 2. The minimum absolute atomic E-state index is 0.222. The predicted molar refractivity (Wildman–Crippen MR) is 131 cm³/mol. The molecule has 5 nitrogen and oxygen atoms in total. The van der Waals surface area contributed by atoms with E-state index in [9.17, 15) is 9.59 Å². The largest absolute Gasteiger partial charge is 0.378 e. The fourth-order valence-corrected chi connectivity index (χ4v) is 4.96. The number of aryl methyl sites for hydroxylation is 2. The quantitative estimate of drug-likeness (QED) is 0.662. The monoisotopic (exact) mass is 431 g/mol. The fraction of sp³-hybridized carbons (Fsp3) is 0.407. The molecule has 2 atom stereocenters. The van der Waals surface area contributed by atoms with Gasteiger partial charge in [0.05, 0.1) is 11.3 Å². The molecule has 0 aliphatic carbocycles. The van der Waals surface area contributed by atoms with Crippen molar-refractivity contribution in [3.8, 4) is 0 Å². The Balaban J connectivity index is 1.85. The van der Waals surface area contributed by atoms with Gasteiger partial charge >= 0.3 is 0 Å². The molecule has 2 heterocycles. The fourth-order valence-electron chi connectivity index (χ4n) is 4.96.